The van der Waals surface area contributed by atoms with E-state index < -0.39 is 0 Å². The molecule has 92 valence electrons. The van der Waals surface area contributed by atoms with E-state index in [1.165, 1.54) is 18.9 Å². The van der Waals surface area contributed by atoms with Crippen molar-refractivity contribution < 1.29 is 14.3 Å². The van der Waals surface area contributed by atoms with E-state index in [0.717, 1.165) is 5.56 Å². The topological polar surface area (TPSA) is 55.4 Å². The van der Waals surface area contributed by atoms with E-state index >= 15 is 0 Å². The molecule has 0 saturated carbocycles. The van der Waals surface area contributed by atoms with Crippen LogP contribution >= 0.6 is 11.8 Å². The third-order valence-corrected chi connectivity index (χ3v) is 2.69. The maximum absolute atomic E-state index is 11.2. The number of methoxy groups -OCH3 is 1. The van der Waals surface area contributed by atoms with Crippen LogP contribution in [0.1, 0.15) is 15.9 Å². The van der Waals surface area contributed by atoms with Gasteiger partial charge in [-0.15, -0.1) is 0 Å². The van der Waals surface area contributed by atoms with Crippen LogP contribution in [0.3, 0.4) is 0 Å². The van der Waals surface area contributed by atoms with Gasteiger partial charge < -0.3 is 10.1 Å². The molecule has 4 nitrogen and oxygen atoms in total. The van der Waals surface area contributed by atoms with Crippen molar-refractivity contribution in [2.75, 3.05) is 19.1 Å². The number of carbonyl (C=O) groups is 2. The molecule has 17 heavy (non-hydrogen) atoms. The monoisotopic (exact) mass is 253 g/mol. The van der Waals surface area contributed by atoms with Gasteiger partial charge in [0.2, 0.25) is 5.91 Å². The van der Waals surface area contributed by atoms with Crippen LogP contribution in [0.2, 0.25) is 0 Å². The highest BCUT2D eigenvalue weighted by molar-refractivity contribution is 7.99. The molecule has 0 spiro atoms. The molecule has 0 aliphatic rings. The summed E-state index contributed by atoms with van der Waals surface area (Å²) in [5.74, 6) is 0.109. The Morgan fingerprint density at radius 3 is 2.47 bits per heavy atom. The van der Waals surface area contributed by atoms with E-state index in [9.17, 15) is 9.59 Å². The fourth-order valence-electron chi connectivity index (χ4n) is 1.26. The predicted octanol–water partition coefficient (Wildman–Crippen LogP) is 1.45. The standard InChI is InChI=1S/C12H15NO3S/c1-16-12(15)10-5-3-9(4-6-10)7-13-11(14)8-17-2/h3-6H,7-8H2,1-2H3,(H,13,14). The van der Waals surface area contributed by atoms with Gasteiger partial charge in [-0.25, -0.2) is 4.79 Å². The first-order valence-corrected chi connectivity index (χ1v) is 6.49. The molecule has 0 aromatic heterocycles. The van der Waals surface area contributed by atoms with Gasteiger partial charge in [-0.3, -0.25) is 4.79 Å². The van der Waals surface area contributed by atoms with Gasteiger partial charge in [0, 0.05) is 6.54 Å². The second kappa shape index (κ2) is 6.96. The summed E-state index contributed by atoms with van der Waals surface area (Å²) in [5, 5.41) is 2.79. The second-order valence-corrected chi connectivity index (χ2v) is 4.26. The van der Waals surface area contributed by atoms with Gasteiger partial charge >= 0.3 is 5.97 Å². The van der Waals surface area contributed by atoms with Crippen molar-refractivity contribution >= 4 is 23.6 Å². The summed E-state index contributed by atoms with van der Waals surface area (Å²) in [6.07, 6.45) is 1.88. The number of benzene rings is 1. The summed E-state index contributed by atoms with van der Waals surface area (Å²) in [6, 6.07) is 6.96. The first-order chi connectivity index (χ1) is 8.17. The van der Waals surface area contributed by atoms with Crippen molar-refractivity contribution in [1.82, 2.24) is 5.32 Å². The molecule has 0 aliphatic carbocycles. The fraction of sp³-hybridized carbons (Fsp3) is 0.333. The van der Waals surface area contributed by atoms with Gasteiger partial charge in [0.15, 0.2) is 0 Å². The van der Waals surface area contributed by atoms with Gasteiger partial charge in [-0.05, 0) is 24.0 Å². The third kappa shape index (κ3) is 4.48. The first kappa shape index (κ1) is 13.6. The third-order valence-electron chi connectivity index (χ3n) is 2.14. The van der Waals surface area contributed by atoms with Gasteiger partial charge in [-0.2, -0.15) is 11.8 Å². The lowest BCUT2D eigenvalue weighted by Gasteiger charge is -2.05. The molecule has 1 aromatic carbocycles. The number of thioether (sulfide) groups is 1. The molecule has 1 amide bonds. The average Bonchev–Trinajstić information content (AvgIpc) is 2.36. The summed E-state index contributed by atoms with van der Waals surface area (Å²) in [6.45, 7) is 0.473. The van der Waals surface area contributed by atoms with E-state index in [2.05, 4.69) is 10.1 Å². The van der Waals surface area contributed by atoms with E-state index in [0.29, 0.717) is 17.9 Å². The van der Waals surface area contributed by atoms with Crippen molar-refractivity contribution in [2.24, 2.45) is 0 Å². The van der Waals surface area contributed by atoms with E-state index in [-0.39, 0.29) is 11.9 Å². The Morgan fingerprint density at radius 2 is 1.94 bits per heavy atom. The highest BCUT2D eigenvalue weighted by Crippen LogP contribution is 2.05. The second-order valence-electron chi connectivity index (χ2n) is 3.40. The lowest BCUT2D eigenvalue weighted by Crippen LogP contribution is -2.24. The van der Waals surface area contributed by atoms with Crippen molar-refractivity contribution in [3.63, 3.8) is 0 Å². The van der Waals surface area contributed by atoms with Gasteiger partial charge in [0.1, 0.15) is 0 Å². The van der Waals surface area contributed by atoms with Gasteiger partial charge in [0.25, 0.3) is 0 Å². The number of hydrogen-bond acceptors (Lipinski definition) is 4. The summed E-state index contributed by atoms with van der Waals surface area (Å²) in [4.78, 5) is 22.4. The Hall–Kier alpha value is -1.49. The van der Waals surface area contributed by atoms with E-state index in [1.807, 2.05) is 6.26 Å². The van der Waals surface area contributed by atoms with Crippen LogP contribution < -0.4 is 5.32 Å². The lowest BCUT2D eigenvalue weighted by molar-refractivity contribution is -0.118. The number of esters is 1. The SMILES string of the molecule is COC(=O)c1ccc(CNC(=O)CSC)cc1. The molecule has 1 aromatic rings. The molecule has 0 bridgehead atoms. The van der Waals surface area contributed by atoms with Crippen LogP contribution in [0.5, 0.6) is 0 Å². The van der Waals surface area contributed by atoms with Crippen LogP contribution in [0, 0.1) is 0 Å². The summed E-state index contributed by atoms with van der Waals surface area (Å²) in [7, 11) is 1.35. The van der Waals surface area contributed by atoms with Gasteiger partial charge in [-0.1, -0.05) is 12.1 Å². The summed E-state index contributed by atoms with van der Waals surface area (Å²) in [5.41, 5.74) is 1.46. The molecule has 0 heterocycles. The maximum atomic E-state index is 11.2. The maximum Gasteiger partial charge on any atom is 0.337 e. The number of rotatable bonds is 5. The minimum atomic E-state index is -0.358. The molecule has 1 rings (SSSR count). The Balaban J connectivity index is 2.51. The largest absolute Gasteiger partial charge is 0.465 e. The quantitative estimate of drug-likeness (QED) is 0.807. The Kier molecular flexibility index (Phi) is 5.56. The zero-order valence-electron chi connectivity index (χ0n) is 9.86. The molecular formula is C12H15NO3S. The Labute approximate surface area is 105 Å². The molecule has 0 saturated heterocycles. The fourth-order valence-corrected chi connectivity index (χ4v) is 1.62. The van der Waals surface area contributed by atoms with Crippen molar-refractivity contribution in [2.45, 2.75) is 6.54 Å². The molecule has 0 radical (unpaired) electrons. The van der Waals surface area contributed by atoms with Crippen LogP contribution in [-0.2, 0) is 16.1 Å². The summed E-state index contributed by atoms with van der Waals surface area (Å²) < 4.78 is 4.59. The number of carbonyl (C=O) groups excluding carboxylic acids is 2. The van der Waals surface area contributed by atoms with Crippen LogP contribution in [0.4, 0.5) is 0 Å². The highest BCUT2D eigenvalue weighted by Gasteiger charge is 2.04. The lowest BCUT2D eigenvalue weighted by atomic mass is 10.1. The number of ether oxygens (including phenoxy) is 1. The number of hydrogen-bond donors (Lipinski definition) is 1. The zero-order chi connectivity index (χ0) is 12.7. The van der Waals surface area contributed by atoms with Crippen molar-refractivity contribution in [3.05, 3.63) is 35.4 Å². The van der Waals surface area contributed by atoms with Crippen LogP contribution in [0.15, 0.2) is 24.3 Å². The minimum Gasteiger partial charge on any atom is -0.465 e. The molecule has 5 heteroatoms. The van der Waals surface area contributed by atoms with E-state index in [4.69, 9.17) is 0 Å². The first-order valence-electron chi connectivity index (χ1n) is 5.10. The Bertz CT molecular complexity index is 389. The number of nitrogens with one attached hydrogen (secondary N) is 1. The smallest absolute Gasteiger partial charge is 0.337 e. The Morgan fingerprint density at radius 1 is 1.29 bits per heavy atom. The van der Waals surface area contributed by atoms with Crippen molar-refractivity contribution in [3.8, 4) is 0 Å². The van der Waals surface area contributed by atoms with Gasteiger partial charge in [0.05, 0.1) is 18.4 Å². The molecular weight excluding hydrogens is 238 g/mol. The van der Waals surface area contributed by atoms with Crippen LogP contribution in [0.25, 0.3) is 0 Å². The zero-order valence-corrected chi connectivity index (χ0v) is 10.7. The number of amides is 1. The average molecular weight is 253 g/mol. The van der Waals surface area contributed by atoms with E-state index in [1.54, 1.807) is 24.3 Å². The normalized spacial score (nSPS) is 9.76. The van der Waals surface area contributed by atoms with Crippen molar-refractivity contribution in [1.29, 1.82) is 0 Å². The summed E-state index contributed by atoms with van der Waals surface area (Å²) >= 11 is 1.48. The predicted molar refractivity (Wildman–Crippen MR) is 68.0 cm³/mol. The molecule has 0 fully saturated rings. The highest BCUT2D eigenvalue weighted by atomic mass is 32.2. The molecule has 0 aliphatic heterocycles. The van der Waals surface area contributed by atoms with Crippen LogP contribution in [-0.4, -0.2) is 31.0 Å². The molecule has 0 atom stereocenters. The molecule has 1 N–H and O–H groups in total. The minimum absolute atomic E-state index is 0.00884. The molecule has 0 unspecified atom stereocenters.